The minimum Gasteiger partial charge on any atom is -0.489 e. The van der Waals surface area contributed by atoms with E-state index in [4.69, 9.17) is 35.5 Å². The van der Waals surface area contributed by atoms with Crippen LogP contribution in [0.25, 0.3) is 0 Å². The van der Waals surface area contributed by atoms with E-state index in [0.717, 1.165) is 11.1 Å². The second kappa shape index (κ2) is 39.9. The number of hydrogen-bond acceptors (Lipinski definition) is 17. The molecule has 2 aromatic rings. The van der Waals surface area contributed by atoms with Crippen molar-refractivity contribution in [3.63, 3.8) is 0 Å². The van der Waals surface area contributed by atoms with Crippen molar-refractivity contribution in [3.05, 3.63) is 71.6 Å². The van der Waals surface area contributed by atoms with Crippen LogP contribution in [0.4, 0.5) is 5.69 Å². The van der Waals surface area contributed by atoms with Crippen LogP contribution in [0.15, 0.2) is 60.4 Å². The Morgan fingerprint density at radius 3 is 1.86 bits per heavy atom. The van der Waals surface area contributed by atoms with Gasteiger partial charge >= 0.3 is 5.97 Å². The summed E-state index contributed by atoms with van der Waals surface area (Å²) in [4.78, 5) is 127. The summed E-state index contributed by atoms with van der Waals surface area (Å²) < 4.78 is 22.5. The molecule has 2 aliphatic heterocycles. The first kappa shape index (κ1) is 77.1. The van der Waals surface area contributed by atoms with Gasteiger partial charge in [-0.05, 0) is 131 Å². The number of likely N-dealkylation sites (N-methyl/N-ethyl adjacent to an activating group) is 2. The highest BCUT2D eigenvalue weighted by Crippen LogP contribution is 2.28. The van der Waals surface area contributed by atoms with Crippen molar-refractivity contribution in [1.29, 1.82) is 0 Å². The van der Waals surface area contributed by atoms with Crippen LogP contribution in [0.3, 0.4) is 0 Å². The van der Waals surface area contributed by atoms with Gasteiger partial charge in [-0.25, -0.2) is 0 Å². The quantitative estimate of drug-likeness (QED) is 0.0432. The second-order valence-electron chi connectivity index (χ2n) is 25.2. The Morgan fingerprint density at radius 1 is 0.663 bits per heavy atom. The molecule has 0 aromatic heterocycles. The van der Waals surface area contributed by atoms with Crippen LogP contribution in [-0.2, 0) is 70.5 Å². The predicted octanol–water partition coefficient (Wildman–Crippen LogP) is 3.07. The third-order valence-electron chi connectivity index (χ3n) is 16.1. The Bertz CT molecular complexity index is 2700. The number of nitrogens with two attached hydrogens (primary N) is 2. The van der Waals surface area contributed by atoms with E-state index in [1.165, 1.54) is 4.90 Å². The number of hydrogen-bond donors (Lipinski definition) is 9. The van der Waals surface area contributed by atoms with Crippen molar-refractivity contribution in [2.45, 2.75) is 169 Å². The minimum absolute atomic E-state index is 0.00715. The van der Waals surface area contributed by atoms with E-state index in [1.54, 1.807) is 73.3 Å². The number of likely N-dealkylation sites (tertiary alicyclic amines) is 2. The molecule has 2 heterocycles. The molecule has 0 saturated carbocycles. The number of anilines is 1. The number of amides is 8. The molecule has 0 radical (unpaired) electrons. The first-order chi connectivity index (χ1) is 43.7. The van der Waals surface area contributed by atoms with Gasteiger partial charge in [-0.2, -0.15) is 0 Å². The van der Waals surface area contributed by atoms with Crippen molar-refractivity contribution < 1.29 is 67.2 Å². The minimum atomic E-state index is -0.954. The summed E-state index contributed by atoms with van der Waals surface area (Å²) in [5.41, 5.74) is 14.3. The number of benzene rings is 2. The van der Waals surface area contributed by atoms with Crippen LogP contribution in [-0.4, -0.2) is 207 Å². The number of carboxylic acids is 1. The number of carboxylic acid groups (broad SMARTS) is 1. The average Bonchev–Trinajstić information content (AvgIpc) is 1.56. The number of allylic oxidation sites excluding steroid dienone is 1. The molecule has 0 bridgehead atoms. The summed E-state index contributed by atoms with van der Waals surface area (Å²) >= 11 is 0. The van der Waals surface area contributed by atoms with Gasteiger partial charge in [0, 0.05) is 57.2 Å². The van der Waals surface area contributed by atoms with Crippen LogP contribution < -0.4 is 48.1 Å². The summed E-state index contributed by atoms with van der Waals surface area (Å²) in [6.45, 7) is 17.9. The first-order valence-electron chi connectivity index (χ1n) is 32.4. The van der Waals surface area contributed by atoms with Crippen LogP contribution in [0.5, 0.6) is 5.75 Å². The van der Waals surface area contributed by atoms with Crippen molar-refractivity contribution in [2.24, 2.45) is 35.1 Å². The average molecular weight is 1290 g/mol. The lowest BCUT2D eigenvalue weighted by Crippen LogP contribution is -2.61. The molecule has 11 N–H and O–H groups in total. The van der Waals surface area contributed by atoms with Gasteiger partial charge in [0.05, 0.1) is 39.1 Å². The highest BCUT2D eigenvalue weighted by Gasteiger charge is 2.46. The van der Waals surface area contributed by atoms with E-state index < -0.39 is 66.0 Å². The third kappa shape index (κ3) is 25.3. The molecular weight excluding hydrogens is 1180 g/mol. The van der Waals surface area contributed by atoms with E-state index in [2.05, 4.69) is 31.9 Å². The number of rotatable bonds is 41. The van der Waals surface area contributed by atoms with Gasteiger partial charge in [0.2, 0.25) is 47.3 Å². The lowest BCUT2D eigenvalue weighted by Gasteiger charge is -2.38. The fourth-order valence-corrected chi connectivity index (χ4v) is 11.2. The summed E-state index contributed by atoms with van der Waals surface area (Å²) in [7, 11) is 5.23. The second-order valence-corrected chi connectivity index (χ2v) is 25.2. The zero-order chi connectivity index (χ0) is 68.0. The highest BCUT2D eigenvalue weighted by molar-refractivity contribution is 5.99. The fraction of sp³-hybridized carbons (Fsp3) is 0.652. The summed E-state index contributed by atoms with van der Waals surface area (Å²) in [6, 6.07) is 8.71. The monoisotopic (exact) mass is 1290 g/mol. The van der Waals surface area contributed by atoms with Crippen LogP contribution in [0.2, 0.25) is 0 Å². The van der Waals surface area contributed by atoms with Crippen LogP contribution in [0, 0.1) is 23.7 Å². The lowest BCUT2D eigenvalue weighted by molar-refractivity contribution is -0.153. The molecule has 2 aromatic carbocycles. The molecule has 2 saturated heterocycles. The zero-order valence-electron chi connectivity index (χ0n) is 56.1. The molecule has 26 heteroatoms. The molecule has 7 unspecified atom stereocenters. The molecule has 514 valence electrons. The SMILES string of the molecule is CC(C)C(NC(=O)COCCOCCOCCN/C=C(\N)CCCC(=O)O)C(=O)NC(CCCN)C(=O)Nc1ccc(COc2ccc(CNC(=O)C3CCCN3C(=O)C3CCCN3C(=O)C(C(C)C)N(C)C(=O)C(NC(=O)C(C(C)C)N(C)C)C(C)C)cc2)cc1. The number of carbonyl (C=O) groups is 9. The van der Waals surface area contributed by atoms with Crippen molar-refractivity contribution in [3.8, 4) is 5.75 Å². The van der Waals surface area contributed by atoms with Gasteiger partial charge in [-0.3, -0.25) is 48.1 Å². The van der Waals surface area contributed by atoms with Crippen LogP contribution >= 0.6 is 0 Å². The fourth-order valence-electron chi connectivity index (χ4n) is 11.2. The van der Waals surface area contributed by atoms with Gasteiger partial charge in [0.25, 0.3) is 0 Å². The number of nitrogens with zero attached hydrogens (tertiary/aromatic N) is 4. The van der Waals surface area contributed by atoms with Crippen LogP contribution in [0.1, 0.15) is 124 Å². The number of nitrogens with one attached hydrogen (secondary N) is 6. The summed E-state index contributed by atoms with van der Waals surface area (Å²) in [6.07, 6.45) is 5.50. The number of ether oxygens (including phenoxy) is 4. The first-order valence-corrected chi connectivity index (χ1v) is 32.4. The molecule has 8 amide bonds. The Hall–Kier alpha value is -7.39. The Kier molecular flexibility index (Phi) is 33.4. The smallest absolute Gasteiger partial charge is 0.303 e. The molecule has 0 spiro atoms. The van der Waals surface area contributed by atoms with Gasteiger partial charge < -0.3 is 82.1 Å². The lowest BCUT2D eigenvalue weighted by atomic mass is 9.96. The highest BCUT2D eigenvalue weighted by atomic mass is 16.5. The molecule has 0 aliphatic carbocycles. The van der Waals surface area contributed by atoms with E-state index in [0.29, 0.717) is 108 Å². The van der Waals surface area contributed by atoms with E-state index in [-0.39, 0.29) is 99.0 Å². The maximum absolute atomic E-state index is 14.5. The summed E-state index contributed by atoms with van der Waals surface area (Å²) in [5.74, 6) is -4.24. The van der Waals surface area contributed by atoms with E-state index in [1.807, 2.05) is 72.7 Å². The van der Waals surface area contributed by atoms with Gasteiger partial charge in [0.15, 0.2) is 0 Å². The summed E-state index contributed by atoms with van der Waals surface area (Å²) in [5, 5.41) is 26.1. The number of aliphatic carboxylic acids is 1. The maximum Gasteiger partial charge on any atom is 0.303 e. The molecular formula is C66H106N12O14. The Balaban J connectivity index is 1.21. The third-order valence-corrected chi connectivity index (χ3v) is 16.1. The Labute approximate surface area is 543 Å². The van der Waals surface area contributed by atoms with Gasteiger partial charge in [-0.1, -0.05) is 79.7 Å². The largest absolute Gasteiger partial charge is 0.489 e. The normalized spacial score (nSPS) is 16.7. The van der Waals surface area contributed by atoms with Crippen molar-refractivity contribution >= 4 is 58.9 Å². The van der Waals surface area contributed by atoms with E-state index in [9.17, 15) is 43.2 Å². The molecule has 2 aliphatic rings. The molecule has 7 atom stereocenters. The molecule has 92 heavy (non-hydrogen) atoms. The zero-order valence-corrected chi connectivity index (χ0v) is 56.1. The van der Waals surface area contributed by atoms with Gasteiger partial charge in [0.1, 0.15) is 55.2 Å². The van der Waals surface area contributed by atoms with Crippen molar-refractivity contribution in [2.75, 3.05) is 92.3 Å². The predicted molar refractivity (Wildman–Crippen MR) is 349 cm³/mol. The Morgan fingerprint density at radius 2 is 1.26 bits per heavy atom. The maximum atomic E-state index is 14.5. The molecule has 2 fully saturated rings. The molecule has 4 rings (SSSR count). The topological polar surface area (TPSA) is 348 Å². The standard InChI is InChI=1S/C66H106N12O14/c1-42(2)56(73-54(79)41-91-37-36-90-35-34-89-33-30-69-39-48(68)16-12-20-55(80)81)62(84)72-51(17-13-29-67)60(82)71-49-25-21-47(22-26-49)40-92-50-27-23-46(24-28-50)38-70-61(83)52-18-14-31-77(52)64(86)53-19-15-32-78(53)66(88)59(45(7)8)76(11)65(87)57(43(3)4)74-63(85)58(44(5)6)75(9)10/h21-28,39,42-45,51-53,56-59,69H,12-20,29-38,40-41,67-68H2,1-11H3,(H,70,83)(H,71,82)(H,72,84)(H,73,79)(H,74,85)(H,80,81)/b48-39-. The van der Waals surface area contributed by atoms with E-state index >= 15 is 0 Å². The van der Waals surface area contributed by atoms with Crippen molar-refractivity contribution in [1.82, 2.24) is 46.2 Å². The molecule has 26 nitrogen and oxygen atoms in total. The number of carbonyl (C=O) groups excluding carboxylic acids is 8. The van der Waals surface area contributed by atoms with Gasteiger partial charge in [-0.15, -0.1) is 0 Å².